The number of piperazine rings is 2. The topological polar surface area (TPSA) is 48.1 Å². The molecule has 0 amide bonds. The Kier molecular flexibility index (Phi) is 10.3. The summed E-state index contributed by atoms with van der Waals surface area (Å²) in [5.41, 5.74) is 6.33. The second-order valence-electron chi connectivity index (χ2n) is 13.8. The molecule has 4 unspecified atom stereocenters. The number of benzene rings is 1. The van der Waals surface area contributed by atoms with Gasteiger partial charge in [-0.1, -0.05) is 35.9 Å². The smallest absolute Gasteiger partial charge is 0.0319 e. The van der Waals surface area contributed by atoms with E-state index in [1.807, 2.05) is 30.3 Å². The van der Waals surface area contributed by atoms with E-state index in [0.29, 0.717) is 12.1 Å². The van der Waals surface area contributed by atoms with Gasteiger partial charge < -0.3 is 51.6 Å². The van der Waals surface area contributed by atoms with Gasteiger partial charge in [-0.15, -0.1) is 24.0 Å². The summed E-state index contributed by atoms with van der Waals surface area (Å²) < 4.78 is 0. The van der Waals surface area contributed by atoms with Crippen molar-refractivity contribution < 1.29 is 17.1 Å². The molecule has 43 heavy (non-hydrogen) atoms. The Morgan fingerprint density at radius 2 is 1.30 bits per heavy atom. The molecule has 0 radical (unpaired) electrons. The van der Waals surface area contributed by atoms with E-state index in [1.54, 1.807) is 11.1 Å². The second-order valence-corrected chi connectivity index (χ2v) is 15.2. The maximum absolute atomic E-state index is 3.97. The number of rotatable bonds is 6. The van der Waals surface area contributed by atoms with Crippen LogP contribution in [0.1, 0.15) is 43.2 Å². The van der Waals surface area contributed by atoms with Crippen LogP contribution in [0.25, 0.3) is 11.1 Å². The van der Waals surface area contributed by atoms with Crippen molar-refractivity contribution in [3.63, 3.8) is 0 Å². The molecular weight excluding hydrogens is 606 g/mol. The van der Waals surface area contributed by atoms with E-state index in [1.165, 1.54) is 49.4 Å². The zero-order valence-corrected chi connectivity index (χ0v) is 28.8. The fourth-order valence-corrected chi connectivity index (χ4v) is 11.5. The summed E-state index contributed by atoms with van der Waals surface area (Å²) in [6.45, 7) is 6.20. The fraction of sp³-hybridized carbons (Fsp3) is 0.556. The molecule has 2 aliphatic heterocycles. The largest absolute Gasteiger partial charge is 0.748 e. The minimum Gasteiger partial charge on any atom is -0.748 e. The van der Waals surface area contributed by atoms with Gasteiger partial charge in [0, 0.05) is 73.6 Å². The number of hydrogen-bond acceptors (Lipinski definition) is 4. The van der Waals surface area contributed by atoms with Gasteiger partial charge in [0.25, 0.3) is 0 Å². The normalized spacial score (nSPS) is 34.5. The van der Waals surface area contributed by atoms with Gasteiger partial charge in [0.05, 0.1) is 0 Å². The maximum Gasteiger partial charge on any atom is 0.0319 e. The van der Waals surface area contributed by atoms with Crippen LogP contribution in [0.4, 0.5) is 0 Å². The van der Waals surface area contributed by atoms with E-state index >= 15 is 0 Å². The Labute approximate surface area is 274 Å². The van der Waals surface area contributed by atoms with Crippen LogP contribution in [0.3, 0.4) is 0 Å². The van der Waals surface area contributed by atoms with Gasteiger partial charge in [-0.05, 0) is 67.4 Å². The van der Waals surface area contributed by atoms with Crippen LogP contribution in [0.15, 0.2) is 72.8 Å². The van der Waals surface area contributed by atoms with E-state index < -0.39 is 0 Å². The van der Waals surface area contributed by atoms with Gasteiger partial charge in [0.15, 0.2) is 0 Å². The first-order valence-electron chi connectivity index (χ1n) is 16.5. The van der Waals surface area contributed by atoms with Crippen molar-refractivity contribution >= 4 is 18.5 Å². The molecule has 3 aromatic rings. The van der Waals surface area contributed by atoms with Gasteiger partial charge in [0.2, 0.25) is 0 Å². The number of hydrogen-bond donors (Lipinski definition) is 4. The summed E-state index contributed by atoms with van der Waals surface area (Å²) in [6.07, 6.45) is 8.49. The maximum atomic E-state index is 3.97. The summed E-state index contributed by atoms with van der Waals surface area (Å²) in [7, 11) is 6.73. The second kappa shape index (κ2) is 13.9. The Bertz CT molecular complexity index is 1220. The van der Waals surface area contributed by atoms with Crippen molar-refractivity contribution in [2.24, 2.45) is 23.7 Å². The molecule has 7 heteroatoms. The van der Waals surface area contributed by atoms with Crippen molar-refractivity contribution in [2.45, 2.75) is 54.8 Å². The summed E-state index contributed by atoms with van der Waals surface area (Å²) in [5, 5.41) is 15.3. The van der Waals surface area contributed by atoms with Gasteiger partial charge in [-0.3, -0.25) is 0 Å². The molecule has 2 saturated heterocycles. The molecule has 238 valence electrons. The Hall–Kier alpha value is -0.861. The average Bonchev–Trinajstić information content (AvgIpc) is 3.77. The summed E-state index contributed by atoms with van der Waals surface area (Å²) in [6, 6.07) is 27.1. The van der Waals surface area contributed by atoms with E-state index in [0.717, 1.165) is 62.9 Å². The van der Waals surface area contributed by atoms with Crippen LogP contribution in [-0.2, 0) is 27.6 Å². The van der Waals surface area contributed by atoms with Crippen LogP contribution in [-0.4, -0.2) is 57.5 Å². The molecule has 4 saturated carbocycles. The first-order chi connectivity index (χ1) is 20.6. The van der Waals surface area contributed by atoms with Crippen LogP contribution < -0.4 is 21.3 Å². The fourth-order valence-electron chi connectivity index (χ4n) is 9.88. The van der Waals surface area contributed by atoms with Crippen LogP contribution in [0.5, 0.6) is 0 Å². The molecule has 6 aliphatic rings. The molecule has 4 N–H and O–H groups in total. The molecule has 3 aromatic carbocycles. The predicted octanol–water partition coefficient (Wildman–Crippen LogP) is 5.24. The molecular formula is C36H50FeN4P2-6. The Balaban J connectivity index is 0.000000500. The third kappa shape index (κ3) is 5.92. The van der Waals surface area contributed by atoms with E-state index in [-0.39, 0.29) is 27.6 Å². The molecule has 6 fully saturated rings. The molecule has 4 nitrogen and oxygen atoms in total. The Morgan fingerprint density at radius 1 is 0.767 bits per heavy atom. The van der Waals surface area contributed by atoms with Gasteiger partial charge >= 0.3 is 0 Å². The minimum absolute atomic E-state index is 0. The molecule has 0 spiro atoms. The van der Waals surface area contributed by atoms with E-state index in [9.17, 15) is 0 Å². The van der Waals surface area contributed by atoms with Crippen LogP contribution >= 0.6 is 18.5 Å². The SMILES string of the molecule is PCC1([c-]2cc(-c3ccccc3)cc2C(P)(C2CNCCN2)C2CNCCN2)C2CC3CC(C2)CC1C3.[Fe].[cH-]1[cH-][cH-][cH-][cH-]1. The van der Waals surface area contributed by atoms with E-state index in [2.05, 4.69) is 82.2 Å². The standard InChI is InChI=1S/C31H45N4P2.C5H5.Fe/c36-19-30(24-11-20-10-21(13-24)14-25(30)12-20)26-15-23(22-4-2-1-3-5-22)16-27(26)31(37,28-17-32-6-8-34-28)29-18-33-7-9-35-29;1-2-4-5-3-1;/h1-5,15-16,20-21,24-25,28-29,32-35H,6-14,17-19,36-37H2;1-5H;/q-1;-5;. The third-order valence-corrected chi connectivity index (χ3v) is 13.5. The molecule has 0 aromatic heterocycles. The van der Waals surface area contributed by atoms with Crippen molar-refractivity contribution in [1.82, 2.24) is 21.3 Å². The molecule has 4 aliphatic carbocycles. The van der Waals surface area contributed by atoms with Gasteiger partial charge in [-0.25, -0.2) is 6.07 Å². The molecule has 4 atom stereocenters. The van der Waals surface area contributed by atoms with Gasteiger partial charge in [0.1, 0.15) is 0 Å². The van der Waals surface area contributed by atoms with Crippen molar-refractivity contribution in [3.8, 4) is 11.1 Å². The first kappa shape index (κ1) is 32.1. The monoisotopic (exact) mass is 656 g/mol. The summed E-state index contributed by atoms with van der Waals surface area (Å²) >= 11 is 0. The zero-order valence-electron chi connectivity index (χ0n) is 25.4. The van der Waals surface area contributed by atoms with Crippen LogP contribution in [0.2, 0.25) is 0 Å². The Morgan fingerprint density at radius 3 is 1.77 bits per heavy atom. The molecule has 2 heterocycles. The average molecular weight is 657 g/mol. The zero-order chi connectivity index (χ0) is 28.6. The van der Waals surface area contributed by atoms with E-state index in [4.69, 9.17) is 0 Å². The van der Waals surface area contributed by atoms with Crippen molar-refractivity contribution in [2.75, 3.05) is 45.4 Å². The van der Waals surface area contributed by atoms with Gasteiger partial charge in [-0.2, -0.15) is 17.2 Å². The summed E-state index contributed by atoms with van der Waals surface area (Å²) in [5.74, 6) is 3.62. The minimum atomic E-state index is -0.0926. The summed E-state index contributed by atoms with van der Waals surface area (Å²) in [4.78, 5) is 0. The third-order valence-electron chi connectivity index (χ3n) is 11.7. The number of nitrogens with one attached hydrogen (secondary N) is 4. The molecule has 4 bridgehead atoms. The predicted molar refractivity (Wildman–Crippen MR) is 184 cm³/mol. The van der Waals surface area contributed by atoms with Crippen molar-refractivity contribution in [3.05, 3.63) is 83.9 Å². The van der Waals surface area contributed by atoms with Crippen molar-refractivity contribution in [1.29, 1.82) is 0 Å². The quantitative estimate of drug-likeness (QED) is 0.167. The molecule has 9 rings (SSSR count). The van der Waals surface area contributed by atoms with Crippen LogP contribution in [0, 0.1) is 23.7 Å². The first-order valence-corrected chi connectivity index (χ1v) is 17.9.